The molecular weight excluding hydrogens is 280 g/mol. The maximum absolute atomic E-state index is 7.89. The van der Waals surface area contributed by atoms with Gasteiger partial charge in [0.15, 0.2) is 0 Å². The Morgan fingerprint density at radius 3 is 3.05 bits per heavy atom. The normalized spacial score (nSPS) is 16.7. The standard InChI is InChI=1S/C16H18N4S/c17-15(18)12-8-10-2-1-3-13(10)19-16(12)20-6-4-14-11(9-20)5-7-21-14/h5,7-8H,1-4,6,9H2,(H3,17,18). The molecule has 0 saturated carbocycles. The summed E-state index contributed by atoms with van der Waals surface area (Å²) in [5, 5.41) is 10.0. The molecule has 0 atom stereocenters. The minimum absolute atomic E-state index is 0.128. The number of aromatic nitrogens is 1. The molecule has 1 aliphatic heterocycles. The zero-order valence-corrected chi connectivity index (χ0v) is 12.7. The Kier molecular flexibility index (Phi) is 2.96. The fraction of sp³-hybridized carbons (Fsp3) is 0.375. The summed E-state index contributed by atoms with van der Waals surface area (Å²) in [5.41, 5.74) is 10.5. The van der Waals surface area contributed by atoms with E-state index in [1.165, 1.54) is 21.7 Å². The first-order chi connectivity index (χ1) is 10.2. The first-order valence-corrected chi connectivity index (χ1v) is 8.28. The van der Waals surface area contributed by atoms with E-state index >= 15 is 0 Å². The van der Waals surface area contributed by atoms with Crippen LogP contribution in [0.3, 0.4) is 0 Å². The minimum Gasteiger partial charge on any atom is -0.384 e. The third-order valence-corrected chi connectivity index (χ3v) is 5.45. The average Bonchev–Trinajstić information content (AvgIpc) is 3.13. The number of thiophene rings is 1. The largest absolute Gasteiger partial charge is 0.384 e. The summed E-state index contributed by atoms with van der Waals surface area (Å²) in [6, 6.07) is 4.29. The summed E-state index contributed by atoms with van der Waals surface area (Å²) >= 11 is 1.84. The molecule has 1 aliphatic carbocycles. The molecule has 0 amide bonds. The number of aryl methyl sites for hydroxylation is 2. The monoisotopic (exact) mass is 298 g/mol. The van der Waals surface area contributed by atoms with Crippen LogP contribution in [-0.4, -0.2) is 17.4 Å². The number of nitrogens with one attached hydrogen (secondary N) is 1. The number of nitrogens with zero attached hydrogens (tertiary/aromatic N) is 2. The lowest BCUT2D eigenvalue weighted by molar-refractivity contribution is 0.728. The number of nitrogens with two attached hydrogens (primary N) is 1. The van der Waals surface area contributed by atoms with E-state index in [1.807, 2.05) is 11.3 Å². The predicted molar refractivity (Wildman–Crippen MR) is 86.4 cm³/mol. The average molecular weight is 298 g/mol. The van der Waals surface area contributed by atoms with E-state index in [0.29, 0.717) is 0 Å². The molecular formula is C16H18N4S. The van der Waals surface area contributed by atoms with E-state index in [0.717, 1.165) is 50.2 Å². The summed E-state index contributed by atoms with van der Waals surface area (Å²) in [7, 11) is 0. The van der Waals surface area contributed by atoms with Gasteiger partial charge in [-0.25, -0.2) is 4.98 Å². The van der Waals surface area contributed by atoms with Gasteiger partial charge in [-0.05, 0) is 54.3 Å². The number of rotatable bonds is 2. The Labute approximate surface area is 128 Å². The summed E-state index contributed by atoms with van der Waals surface area (Å²) in [6.45, 7) is 1.84. The summed E-state index contributed by atoms with van der Waals surface area (Å²) in [6.07, 6.45) is 4.34. The van der Waals surface area contributed by atoms with Crippen LogP contribution in [0.25, 0.3) is 0 Å². The van der Waals surface area contributed by atoms with E-state index in [1.54, 1.807) is 0 Å². The molecule has 4 nitrogen and oxygen atoms in total. The van der Waals surface area contributed by atoms with Crippen molar-refractivity contribution in [3.05, 3.63) is 44.8 Å². The van der Waals surface area contributed by atoms with Crippen LogP contribution < -0.4 is 10.6 Å². The summed E-state index contributed by atoms with van der Waals surface area (Å²) in [4.78, 5) is 8.63. The lowest BCUT2D eigenvalue weighted by atomic mass is 10.1. The molecule has 108 valence electrons. The molecule has 3 N–H and O–H groups in total. The lowest BCUT2D eigenvalue weighted by Crippen LogP contribution is -2.32. The van der Waals surface area contributed by atoms with Gasteiger partial charge >= 0.3 is 0 Å². The number of hydrogen-bond donors (Lipinski definition) is 2. The van der Waals surface area contributed by atoms with Gasteiger partial charge in [0.1, 0.15) is 11.7 Å². The second-order valence-corrected chi connectivity index (χ2v) is 6.77. The maximum atomic E-state index is 7.89. The third kappa shape index (κ3) is 2.12. The lowest BCUT2D eigenvalue weighted by Gasteiger charge is -2.30. The van der Waals surface area contributed by atoms with E-state index in [9.17, 15) is 0 Å². The summed E-state index contributed by atoms with van der Waals surface area (Å²) < 4.78 is 0. The molecule has 2 aromatic rings. The van der Waals surface area contributed by atoms with Gasteiger partial charge in [0.05, 0.1) is 5.56 Å². The molecule has 0 spiro atoms. The van der Waals surface area contributed by atoms with Crippen molar-refractivity contribution in [2.45, 2.75) is 32.2 Å². The highest BCUT2D eigenvalue weighted by molar-refractivity contribution is 7.10. The van der Waals surface area contributed by atoms with Crippen LogP contribution in [0.15, 0.2) is 17.5 Å². The zero-order valence-electron chi connectivity index (χ0n) is 11.9. The van der Waals surface area contributed by atoms with Crippen molar-refractivity contribution in [2.24, 2.45) is 5.73 Å². The molecule has 0 unspecified atom stereocenters. The van der Waals surface area contributed by atoms with Crippen molar-refractivity contribution < 1.29 is 0 Å². The quantitative estimate of drug-likeness (QED) is 0.661. The topological polar surface area (TPSA) is 66.0 Å². The van der Waals surface area contributed by atoms with Crippen LogP contribution in [0.4, 0.5) is 5.82 Å². The van der Waals surface area contributed by atoms with Crippen molar-refractivity contribution in [2.75, 3.05) is 11.4 Å². The van der Waals surface area contributed by atoms with Gasteiger partial charge in [-0.3, -0.25) is 5.41 Å². The van der Waals surface area contributed by atoms with Crippen LogP contribution in [0, 0.1) is 5.41 Å². The Bertz CT molecular complexity index is 719. The van der Waals surface area contributed by atoms with Crippen molar-refractivity contribution in [1.29, 1.82) is 5.41 Å². The number of hydrogen-bond acceptors (Lipinski definition) is 4. The SMILES string of the molecule is N=C(N)c1cc2c(nc1N1CCc3sccc3C1)CCC2. The van der Waals surface area contributed by atoms with Gasteiger partial charge in [0.2, 0.25) is 0 Å². The molecule has 0 aromatic carbocycles. The van der Waals surface area contributed by atoms with Gasteiger partial charge < -0.3 is 10.6 Å². The minimum atomic E-state index is 0.128. The number of fused-ring (bicyclic) bond motifs is 2. The van der Waals surface area contributed by atoms with Gasteiger partial charge in [-0.1, -0.05) is 0 Å². The fourth-order valence-electron chi connectivity index (χ4n) is 3.33. The number of anilines is 1. The first-order valence-electron chi connectivity index (χ1n) is 7.40. The summed E-state index contributed by atoms with van der Waals surface area (Å²) in [5.74, 6) is 1.03. The van der Waals surface area contributed by atoms with Crippen LogP contribution in [0.5, 0.6) is 0 Å². The molecule has 4 rings (SSSR count). The second kappa shape index (κ2) is 4.84. The van der Waals surface area contributed by atoms with Crippen LogP contribution in [-0.2, 0) is 25.8 Å². The van der Waals surface area contributed by atoms with E-state index in [-0.39, 0.29) is 5.84 Å². The fourth-order valence-corrected chi connectivity index (χ4v) is 4.22. The maximum Gasteiger partial charge on any atom is 0.140 e. The highest BCUT2D eigenvalue weighted by Gasteiger charge is 2.24. The highest BCUT2D eigenvalue weighted by Crippen LogP contribution is 2.31. The Balaban J connectivity index is 1.76. The number of pyridine rings is 1. The molecule has 0 bridgehead atoms. The van der Waals surface area contributed by atoms with Crippen LogP contribution >= 0.6 is 11.3 Å². The van der Waals surface area contributed by atoms with E-state index in [4.69, 9.17) is 16.1 Å². The smallest absolute Gasteiger partial charge is 0.140 e. The van der Waals surface area contributed by atoms with Crippen molar-refractivity contribution in [3.8, 4) is 0 Å². The molecule has 0 fully saturated rings. The van der Waals surface area contributed by atoms with E-state index in [2.05, 4.69) is 22.4 Å². The molecule has 0 radical (unpaired) electrons. The Morgan fingerprint density at radius 2 is 2.19 bits per heavy atom. The van der Waals surface area contributed by atoms with Crippen molar-refractivity contribution in [3.63, 3.8) is 0 Å². The van der Waals surface area contributed by atoms with E-state index < -0.39 is 0 Å². The van der Waals surface area contributed by atoms with Gasteiger partial charge in [0, 0.05) is 23.7 Å². The van der Waals surface area contributed by atoms with Crippen LogP contribution in [0.1, 0.15) is 33.7 Å². The van der Waals surface area contributed by atoms with Crippen molar-refractivity contribution >= 4 is 23.0 Å². The zero-order chi connectivity index (χ0) is 14.4. The van der Waals surface area contributed by atoms with Gasteiger partial charge in [-0.15, -0.1) is 11.3 Å². The number of amidine groups is 1. The van der Waals surface area contributed by atoms with Crippen molar-refractivity contribution in [1.82, 2.24) is 4.98 Å². The first kappa shape index (κ1) is 12.8. The molecule has 2 aromatic heterocycles. The third-order valence-electron chi connectivity index (χ3n) is 4.43. The molecule has 21 heavy (non-hydrogen) atoms. The van der Waals surface area contributed by atoms with Gasteiger partial charge in [-0.2, -0.15) is 0 Å². The molecule has 0 saturated heterocycles. The Morgan fingerprint density at radius 1 is 1.29 bits per heavy atom. The van der Waals surface area contributed by atoms with Gasteiger partial charge in [0.25, 0.3) is 0 Å². The molecule has 3 heterocycles. The molecule has 2 aliphatic rings. The van der Waals surface area contributed by atoms with Crippen LogP contribution in [0.2, 0.25) is 0 Å². The predicted octanol–water partition coefficient (Wildman–Crippen LogP) is 2.48. The molecule has 5 heteroatoms. The second-order valence-electron chi connectivity index (χ2n) is 5.77. The Hall–Kier alpha value is -1.88. The number of nitrogen functional groups attached to an aromatic ring is 1. The highest BCUT2D eigenvalue weighted by atomic mass is 32.1.